The molecule has 0 aliphatic carbocycles. The fourth-order valence-corrected chi connectivity index (χ4v) is 2.22. The predicted octanol–water partition coefficient (Wildman–Crippen LogP) is 5.04. The second-order valence-electron chi connectivity index (χ2n) is 4.80. The summed E-state index contributed by atoms with van der Waals surface area (Å²) in [5.41, 5.74) is 2.05. The highest BCUT2D eigenvalue weighted by Gasteiger charge is 2.36. The molecule has 0 bridgehead atoms. The maximum atomic E-state index is 12.7. The number of oxazole rings is 1. The van der Waals surface area contributed by atoms with Crippen molar-refractivity contribution in [2.45, 2.75) is 6.18 Å². The average molecular weight is 319 g/mol. The van der Waals surface area contributed by atoms with Crippen LogP contribution in [0.4, 0.5) is 13.2 Å². The van der Waals surface area contributed by atoms with E-state index in [1.54, 1.807) is 43.5 Å². The van der Waals surface area contributed by atoms with Crippen molar-refractivity contribution in [1.82, 2.24) is 4.98 Å². The largest absolute Gasteiger partial charge is 0.497 e. The third-order valence-electron chi connectivity index (χ3n) is 3.34. The molecule has 3 nitrogen and oxygen atoms in total. The van der Waals surface area contributed by atoms with Crippen LogP contribution < -0.4 is 4.74 Å². The minimum Gasteiger partial charge on any atom is -0.497 e. The molecule has 0 atom stereocenters. The van der Waals surface area contributed by atoms with E-state index in [0.29, 0.717) is 17.5 Å². The molecule has 2 aromatic carbocycles. The summed E-state index contributed by atoms with van der Waals surface area (Å²) >= 11 is 0. The summed E-state index contributed by atoms with van der Waals surface area (Å²) in [4.78, 5) is 3.76. The Balaban J connectivity index is 2.05. The van der Waals surface area contributed by atoms with Crippen LogP contribution in [-0.2, 0) is 6.18 Å². The molecule has 0 saturated carbocycles. The molecular formula is C17H12F3NO2. The summed E-state index contributed by atoms with van der Waals surface area (Å²) < 4.78 is 48.0. The van der Waals surface area contributed by atoms with Crippen LogP contribution in [0.2, 0.25) is 0 Å². The zero-order chi connectivity index (χ0) is 16.4. The summed E-state index contributed by atoms with van der Waals surface area (Å²) in [6.07, 6.45) is -3.86. The minimum atomic E-state index is -4.56. The lowest BCUT2D eigenvalue weighted by Gasteiger charge is -2.08. The number of hydrogen-bond donors (Lipinski definition) is 0. The summed E-state index contributed by atoms with van der Waals surface area (Å²) in [7, 11) is 1.56. The number of methoxy groups -OCH3 is 1. The summed E-state index contributed by atoms with van der Waals surface area (Å²) in [6.45, 7) is 0. The monoisotopic (exact) mass is 319 g/mol. The van der Waals surface area contributed by atoms with Crippen molar-refractivity contribution in [2.75, 3.05) is 7.11 Å². The van der Waals surface area contributed by atoms with Crippen LogP contribution in [0, 0.1) is 0 Å². The molecule has 118 valence electrons. The Hall–Kier alpha value is -2.76. The van der Waals surface area contributed by atoms with Gasteiger partial charge in [0.05, 0.1) is 13.3 Å². The van der Waals surface area contributed by atoms with Gasteiger partial charge in [0.15, 0.2) is 0 Å². The van der Waals surface area contributed by atoms with Crippen LogP contribution in [0.3, 0.4) is 0 Å². The molecule has 0 radical (unpaired) electrons. The van der Waals surface area contributed by atoms with Gasteiger partial charge in [-0.25, -0.2) is 4.98 Å². The van der Waals surface area contributed by atoms with Crippen molar-refractivity contribution in [2.24, 2.45) is 0 Å². The lowest BCUT2D eigenvalue weighted by molar-refractivity contribution is -0.152. The number of nitrogens with zero attached hydrogens (tertiary/aromatic N) is 1. The highest BCUT2D eigenvalue weighted by Crippen LogP contribution is 2.36. The number of benzene rings is 2. The van der Waals surface area contributed by atoms with Gasteiger partial charge >= 0.3 is 6.18 Å². The molecule has 0 fully saturated rings. The average Bonchev–Trinajstić information content (AvgIpc) is 3.05. The van der Waals surface area contributed by atoms with Crippen molar-refractivity contribution in [1.29, 1.82) is 0 Å². The van der Waals surface area contributed by atoms with E-state index >= 15 is 0 Å². The van der Waals surface area contributed by atoms with Gasteiger partial charge in [-0.15, -0.1) is 0 Å². The van der Waals surface area contributed by atoms with Gasteiger partial charge < -0.3 is 9.15 Å². The third kappa shape index (κ3) is 3.06. The first-order valence-electron chi connectivity index (χ1n) is 6.76. The fourth-order valence-electron chi connectivity index (χ4n) is 2.22. The fraction of sp³-hybridized carbons (Fsp3) is 0.118. The van der Waals surface area contributed by atoms with Crippen molar-refractivity contribution in [3.8, 4) is 28.3 Å². The van der Waals surface area contributed by atoms with E-state index in [4.69, 9.17) is 9.15 Å². The molecule has 6 heteroatoms. The molecule has 0 spiro atoms. The quantitative estimate of drug-likeness (QED) is 0.678. The smallest absolute Gasteiger partial charge is 0.451 e. The predicted molar refractivity (Wildman–Crippen MR) is 78.9 cm³/mol. The second kappa shape index (κ2) is 5.79. The van der Waals surface area contributed by atoms with Crippen molar-refractivity contribution in [3.63, 3.8) is 0 Å². The van der Waals surface area contributed by atoms with Gasteiger partial charge in [0, 0.05) is 5.56 Å². The van der Waals surface area contributed by atoms with Crippen molar-refractivity contribution >= 4 is 0 Å². The number of ether oxygens (including phenoxy) is 1. The van der Waals surface area contributed by atoms with Gasteiger partial charge in [0.2, 0.25) is 11.7 Å². The molecule has 0 aliphatic rings. The minimum absolute atomic E-state index is 0.0660. The van der Waals surface area contributed by atoms with Gasteiger partial charge in [0.25, 0.3) is 0 Å². The molecule has 0 saturated heterocycles. The van der Waals surface area contributed by atoms with Crippen LogP contribution in [0.15, 0.2) is 59.1 Å². The Morgan fingerprint density at radius 2 is 1.61 bits per heavy atom. The van der Waals surface area contributed by atoms with Crippen LogP contribution in [-0.4, -0.2) is 12.1 Å². The maximum Gasteiger partial charge on any atom is 0.451 e. The number of hydrogen-bond acceptors (Lipinski definition) is 3. The molecule has 3 rings (SSSR count). The topological polar surface area (TPSA) is 35.3 Å². The molecule has 0 aliphatic heterocycles. The van der Waals surface area contributed by atoms with E-state index in [1.165, 1.54) is 0 Å². The van der Waals surface area contributed by atoms with Gasteiger partial charge in [-0.1, -0.05) is 30.3 Å². The number of aromatic nitrogens is 1. The number of alkyl halides is 3. The first-order chi connectivity index (χ1) is 11.0. The molecule has 3 aromatic rings. The Bertz CT molecular complexity index is 807. The van der Waals surface area contributed by atoms with Gasteiger partial charge in [-0.2, -0.15) is 13.2 Å². The number of halogens is 3. The van der Waals surface area contributed by atoms with E-state index in [0.717, 1.165) is 11.1 Å². The zero-order valence-corrected chi connectivity index (χ0v) is 12.1. The number of rotatable bonds is 3. The highest BCUT2D eigenvalue weighted by atomic mass is 19.4. The summed E-state index contributed by atoms with van der Waals surface area (Å²) in [5, 5.41) is 0. The lowest BCUT2D eigenvalue weighted by atomic mass is 9.99. The van der Waals surface area contributed by atoms with Crippen LogP contribution in [0.1, 0.15) is 5.76 Å². The molecule has 23 heavy (non-hydrogen) atoms. The van der Waals surface area contributed by atoms with Gasteiger partial charge in [-0.05, 0) is 29.3 Å². The van der Waals surface area contributed by atoms with Gasteiger partial charge in [-0.3, -0.25) is 0 Å². The molecule has 1 aromatic heterocycles. The maximum absolute atomic E-state index is 12.7. The molecular weight excluding hydrogens is 307 g/mol. The Morgan fingerprint density at radius 3 is 2.17 bits per heavy atom. The SMILES string of the molecule is COc1ccc(-c2ccccc2-c2ncc(C(F)(F)F)o2)cc1. The van der Waals surface area contributed by atoms with E-state index in [9.17, 15) is 13.2 Å². The Morgan fingerprint density at radius 1 is 0.957 bits per heavy atom. The van der Waals surface area contributed by atoms with E-state index < -0.39 is 11.9 Å². The standard InChI is InChI=1S/C17H12F3NO2/c1-22-12-8-6-11(7-9-12)13-4-2-3-5-14(13)16-21-10-15(23-16)17(18,19)20/h2-10H,1H3. The van der Waals surface area contributed by atoms with Crippen LogP contribution >= 0.6 is 0 Å². The Labute approximate surface area is 130 Å². The third-order valence-corrected chi connectivity index (χ3v) is 3.34. The normalized spacial score (nSPS) is 11.5. The van der Waals surface area contributed by atoms with Crippen LogP contribution in [0.25, 0.3) is 22.6 Å². The Kier molecular flexibility index (Phi) is 3.82. The summed E-state index contributed by atoms with van der Waals surface area (Å²) in [5.74, 6) is -0.484. The van der Waals surface area contributed by atoms with E-state index in [2.05, 4.69) is 4.98 Å². The molecule has 0 N–H and O–H groups in total. The van der Waals surface area contributed by atoms with Crippen LogP contribution in [0.5, 0.6) is 5.75 Å². The molecule has 1 heterocycles. The molecule has 0 amide bonds. The van der Waals surface area contributed by atoms with E-state index in [1.807, 2.05) is 12.1 Å². The first-order valence-corrected chi connectivity index (χ1v) is 6.76. The first kappa shape index (κ1) is 15.1. The zero-order valence-electron chi connectivity index (χ0n) is 12.1. The van der Waals surface area contributed by atoms with Crippen molar-refractivity contribution in [3.05, 3.63) is 60.5 Å². The van der Waals surface area contributed by atoms with Crippen molar-refractivity contribution < 1.29 is 22.3 Å². The summed E-state index contributed by atoms with van der Waals surface area (Å²) in [6, 6.07) is 14.2. The lowest BCUT2D eigenvalue weighted by Crippen LogP contribution is -2.02. The highest BCUT2D eigenvalue weighted by molar-refractivity contribution is 5.80. The van der Waals surface area contributed by atoms with E-state index in [-0.39, 0.29) is 5.89 Å². The van der Waals surface area contributed by atoms with Gasteiger partial charge in [0.1, 0.15) is 5.75 Å². The molecule has 0 unspecified atom stereocenters. The second-order valence-corrected chi connectivity index (χ2v) is 4.80.